The van der Waals surface area contributed by atoms with Crippen LogP contribution in [0.15, 0.2) is 75.9 Å². The molecule has 4 rings (SSSR count). The van der Waals surface area contributed by atoms with Crippen LogP contribution in [0.3, 0.4) is 0 Å². The van der Waals surface area contributed by atoms with Crippen LogP contribution in [0.4, 0.5) is 4.39 Å². The summed E-state index contributed by atoms with van der Waals surface area (Å²) in [5.74, 6) is 1.02. The van der Waals surface area contributed by atoms with Gasteiger partial charge < -0.3 is 9.15 Å². The number of aryl methyl sites for hydroxylation is 1. The second-order valence-corrected chi connectivity index (χ2v) is 7.88. The number of rotatable bonds is 6. The number of ether oxygens (including phenoxy) is 1. The molecule has 0 aliphatic carbocycles. The van der Waals surface area contributed by atoms with Gasteiger partial charge in [0.25, 0.3) is 0 Å². The Kier molecular flexibility index (Phi) is 5.90. The van der Waals surface area contributed by atoms with Gasteiger partial charge in [0.05, 0.1) is 5.39 Å². The van der Waals surface area contributed by atoms with Crippen molar-refractivity contribution in [3.05, 3.63) is 99.9 Å². The van der Waals surface area contributed by atoms with Gasteiger partial charge in [-0.15, -0.1) is 0 Å². The summed E-state index contributed by atoms with van der Waals surface area (Å²) in [5.41, 5.74) is 2.87. The molecule has 0 spiro atoms. The molecule has 1 heterocycles. The lowest BCUT2D eigenvalue weighted by Gasteiger charge is -2.17. The molecular formula is C27H25FO3. The Bertz CT molecular complexity index is 1280. The molecule has 158 valence electrons. The molecule has 0 amide bonds. The fourth-order valence-corrected chi connectivity index (χ4v) is 3.71. The molecular weight excluding hydrogens is 391 g/mol. The van der Waals surface area contributed by atoms with Gasteiger partial charge in [0.15, 0.2) is 0 Å². The summed E-state index contributed by atoms with van der Waals surface area (Å²) in [6.07, 6.45) is 0.819. The zero-order valence-corrected chi connectivity index (χ0v) is 17.9. The summed E-state index contributed by atoms with van der Waals surface area (Å²) in [7, 11) is 0. The van der Waals surface area contributed by atoms with Crippen molar-refractivity contribution in [1.82, 2.24) is 0 Å². The molecule has 0 radical (unpaired) electrons. The van der Waals surface area contributed by atoms with E-state index in [0.29, 0.717) is 29.1 Å². The average molecular weight is 416 g/mol. The van der Waals surface area contributed by atoms with Crippen molar-refractivity contribution in [2.75, 3.05) is 0 Å². The van der Waals surface area contributed by atoms with Crippen LogP contribution in [-0.4, -0.2) is 0 Å². The van der Waals surface area contributed by atoms with Crippen LogP contribution in [0.25, 0.3) is 21.9 Å². The van der Waals surface area contributed by atoms with Crippen LogP contribution in [0.5, 0.6) is 5.75 Å². The lowest BCUT2D eigenvalue weighted by atomic mass is 9.91. The Morgan fingerprint density at radius 1 is 1.00 bits per heavy atom. The maximum atomic E-state index is 13.9. The number of benzene rings is 3. The molecule has 3 nitrogen and oxygen atoms in total. The largest absolute Gasteiger partial charge is 0.489 e. The van der Waals surface area contributed by atoms with Crippen molar-refractivity contribution in [3.63, 3.8) is 0 Å². The maximum absolute atomic E-state index is 13.9. The number of halogens is 1. The van der Waals surface area contributed by atoms with E-state index in [1.807, 2.05) is 49.4 Å². The van der Waals surface area contributed by atoms with E-state index in [4.69, 9.17) is 9.15 Å². The minimum absolute atomic E-state index is 0.0477. The molecule has 0 bridgehead atoms. The minimum Gasteiger partial charge on any atom is -0.489 e. The van der Waals surface area contributed by atoms with Gasteiger partial charge in [-0.25, -0.2) is 9.18 Å². The second-order valence-electron chi connectivity index (χ2n) is 7.88. The Balaban J connectivity index is 1.84. The highest BCUT2D eigenvalue weighted by molar-refractivity contribution is 5.97. The fourth-order valence-electron chi connectivity index (χ4n) is 3.71. The predicted octanol–water partition coefficient (Wildman–Crippen LogP) is 7.00. The lowest BCUT2D eigenvalue weighted by molar-refractivity contribution is 0.306. The highest BCUT2D eigenvalue weighted by atomic mass is 19.1. The predicted molar refractivity (Wildman–Crippen MR) is 122 cm³/mol. The minimum atomic E-state index is -0.391. The zero-order valence-electron chi connectivity index (χ0n) is 17.9. The van der Waals surface area contributed by atoms with Gasteiger partial charge in [-0.1, -0.05) is 50.2 Å². The first-order chi connectivity index (χ1) is 15.0. The van der Waals surface area contributed by atoms with E-state index in [-0.39, 0.29) is 11.7 Å². The Morgan fingerprint density at radius 2 is 1.77 bits per heavy atom. The van der Waals surface area contributed by atoms with Gasteiger partial charge in [-0.2, -0.15) is 0 Å². The Hall–Kier alpha value is -3.40. The highest BCUT2D eigenvalue weighted by Crippen LogP contribution is 2.37. The monoisotopic (exact) mass is 416 g/mol. The molecule has 0 N–H and O–H groups in total. The summed E-state index contributed by atoms with van der Waals surface area (Å²) in [6, 6.07) is 20.3. The van der Waals surface area contributed by atoms with Crippen LogP contribution in [0, 0.1) is 12.7 Å². The van der Waals surface area contributed by atoms with E-state index in [9.17, 15) is 9.18 Å². The third-order valence-corrected chi connectivity index (χ3v) is 5.68. The molecule has 1 atom stereocenters. The number of hydrogen-bond acceptors (Lipinski definition) is 3. The van der Waals surface area contributed by atoms with E-state index in [1.54, 1.807) is 25.1 Å². The first-order valence-electron chi connectivity index (χ1n) is 10.5. The third-order valence-electron chi connectivity index (χ3n) is 5.68. The molecule has 4 heteroatoms. The van der Waals surface area contributed by atoms with Crippen LogP contribution in [0.2, 0.25) is 0 Å². The van der Waals surface area contributed by atoms with Gasteiger partial charge in [0.1, 0.15) is 23.9 Å². The normalized spacial score (nSPS) is 12.1. The molecule has 0 fully saturated rings. The van der Waals surface area contributed by atoms with E-state index < -0.39 is 5.63 Å². The Morgan fingerprint density at radius 3 is 2.48 bits per heavy atom. The van der Waals surface area contributed by atoms with Crippen LogP contribution >= 0.6 is 0 Å². The first kappa shape index (κ1) is 20.9. The van der Waals surface area contributed by atoms with E-state index in [1.165, 1.54) is 6.07 Å². The lowest BCUT2D eigenvalue weighted by Crippen LogP contribution is -2.08. The summed E-state index contributed by atoms with van der Waals surface area (Å²) >= 11 is 0. The number of fused-ring (bicyclic) bond motifs is 1. The number of hydrogen-bond donors (Lipinski definition) is 0. The molecule has 0 saturated carbocycles. The van der Waals surface area contributed by atoms with Crippen molar-refractivity contribution in [2.24, 2.45) is 0 Å². The van der Waals surface area contributed by atoms with Crippen LogP contribution in [-0.2, 0) is 6.61 Å². The summed E-state index contributed by atoms with van der Waals surface area (Å²) < 4.78 is 25.6. The van der Waals surface area contributed by atoms with Gasteiger partial charge in [0, 0.05) is 16.9 Å². The quantitative estimate of drug-likeness (QED) is 0.340. The highest BCUT2D eigenvalue weighted by Gasteiger charge is 2.20. The van der Waals surface area contributed by atoms with Crippen LogP contribution in [0.1, 0.15) is 43.1 Å². The topological polar surface area (TPSA) is 39.4 Å². The molecule has 3 aromatic carbocycles. The molecule has 4 aromatic rings. The standard InChI is InChI=1S/C27H25FO3/c1-4-17(2)26-25(20-10-13-24(28)18(3)14-20)22-12-11-21(15-23(22)27(29)31-26)30-16-19-8-6-5-7-9-19/h5-15,17H,4,16H2,1-3H3. The van der Waals surface area contributed by atoms with Crippen molar-refractivity contribution in [3.8, 4) is 16.9 Å². The molecule has 1 unspecified atom stereocenters. The molecule has 1 aromatic heterocycles. The zero-order chi connectivity index (χ0) is 22.0. The van der Waals surface area contributed by atoms with Crippen molar-refractivity contribution >= 4 is 10.8 Å². The van der Waals surface area contributed by atoms with Gasteiger partial charge in [0.2, 0.25) is 0 Å². The van der Waals surface area contributed by atoms with E-state index >= 15 is 0 Å². The smallest absolute Gasteiger partial charge is 0.344 e. The van der Waals surface area contributed by atoms with E-state index in [0.717, 1.165) is 28.5 Å². The average Bonchev–Trinajstić information content (AvgIpc) is 2.79. The third kappa shape index (κ3) is 4.24. The molecule has 0 saturated heterocycles. The summed E-state index contributed by atoms with van der Waals surface area (Å²) in [6.45, 7) is 6.22. The fraction of sp³-hybridized carbons (Fsp3) is 0.222. The second kappa shape index (κ2) is 8.76. The summed E-state index contributed by atoms with van der Waals surface area (Å²) in [4.78, 5) is 12.9. The van der Waals surface area contributed by atoms with Gasteiger partial charge >= 0.3 is 5.63 Å². The van der Waals surface area contributed by atoms with E-state index in [2.05, 4.69) is 6.92 Å². The van der Waals surface area contributed by atoms with Crippen molar-refractivity contribution in [1.29, 1.82) is 0 Å². The van der Waals surface area contributed by atoms with Gasteiger partial charge in [-0.3, -0.25) is 0 Å². The molecule has 31 heavy (non-hydrogen) atoms. The van der Waals surface area contributed by atoms with Crippen molar-refractivity contribution < 1.29 is 13.5 Å². The Labute approximate surface area is 181 Å². The maximum Gasteiger partial charge on any atom is 0.344 e. The first-order valence-corrected chi connectivity index (χ1v) is 10.5. The SMILES string of the molecule is CCC(C)c1oc(=O)c2cc(OCc3ccccc3)ccc2c1-c1ccc(F)c(C)c1. The van der Waals surface area contributed by atoms with Crippen molar-refractivity contribution in [2.45, 2.75) is 39.7 Å². The molecule has 0 aliphatic heterocycles. The van der Waals surface area contributed by atoms with Crippen LogP contribution < -0.4 is 10.4 Å². The molecule has 0 aliphatic rings. The van der Waals surface area contributed by atoms with Gasteiger partial charge in [-0.05, 0) is 60.4 Å². The summed E-state index contributed by atoms with van der Waals surface area (Å²) in [5, 5.41) is 1.24.